The van der Waals surface area contributed by atoms with Crippen LogP contribution in [0.25, 0.3) is 11.1 Å². The summed E-state index contributed by atoms with van der Waals surface area (Å²) in [6.07, 6.45) is -0.313. The Labute approximate surface area is 157 Å². The number of hydrogen-bond donors (Lipinski definition) is 3. The summed E-state index contributed by atoms with van der Waals surface area (Å²) >= 11 is 0. The van der Waals surface area contributed by atoms with Crippen LogP contribution in [0.5, 0.6) is 0 Å². The van der Waals surface area contributed by atoms with Gasteiger partial charge in [-0.2, -0.15) is 0 Å². The molecule has 0 saturated heterocycles. The van der Waals surface area contributed by atoms with Gasteiger partial charge in [0.05, 0.1) is 12.8 Å². The van der Waals surface area contributed by atoms with Crippen molar-refractivity contribution < 1.29 is 24.6 Å². The first-order valence-electron chi connectivity index (χ1n) is 8.72. The van der Waals surface area contributed by atoms with Crippen molar-refractivity contribution in [3.05, 3.63) is 59.7 Å². The molecule has 0 radical (unpaired) electrons. The Kier molecular flexibility index (Phi) is 7.11. The van der Waals surface area contributed by atoms with Gasteiger partial charge < -0.3 is 15.5 Å². The van der Waals surface area contributed by atoms with Gasteiger partial charge >= 0.3 is 11.9 Å². The molecule has 6 heteroatoms. The van der Waals surface area contributed by atoms with E-state index in [1.54, 1.807) is 0 Å². The van der Waals surface area contributed by atoms with Crippen LogP contribution in [-0.2, 0) is 20.8 Å². The number of carbonyl (C=O) groups is 3. The molecular formula is C21H23NO5. The van der Waals surface area contributed by atoms with Gasteiger partial charge in [0.25, 0.3) is 0 Å². The Bertz CT molecular complexity index is 814. The molecule has 1 amide bonds. The Morgan fingerprint density at radius 2 is 1.63 bits per heavy atom. The van der Waals surface area contributed by atoms with Gasteiger partial charge in [-0.25, -0.2) is 0 Å². The summed E-state index contributed by atoms with van der Waals surface area (Å²) in [6, 6.07) is 15.3. The molecule has 0 unspecified atom stereocenters. The number of aryl methyl sites for hydroxylation is 1. The van der Waals surface area contributed by atoms with Gasteiger partial charge in [0.2, 0.25) is 5.91 Å². The maximum absolute atomic E-state index is 11.8. The van der Waals surface area contributed by atoms with E-state index in [1.807, 2.05) is 49.4 Å². The highest BCUT2D eigenvalue weighted by Gasteiger charge is 2.17. The van der Waals surface area contributed by atoms with Crippen LogP contribution in [0.15, 0.2) is 48.5 Å². The first-order valence-corrected chi connectivity index (χ1v) is 8.72. The number of carbonyl (C=O) groups excluding carboxylic acids is 1. The second-order valence-electron chi connectivity index (χ2n) is 6.53. The minimum atomic E-state index is -1.06. The third-order valence-corrected chi connectivity index (χ3v) is 4.14. The lowest BCUT2D eigenvalue weighted by Crippen LogP contribution is -2.38. The number of carboxylic acids is 2. The summed E-state index contributed by atoms with van der Waals surface area (Å²) in [5.41, 5.74) is 4.23. The van der Waals surface area contributed by atoms with E-state index >= 15 is 0 Å². The third-order valence-electron chi connectivity index (χ3n) is 4.14. The zero-order valence-corrected chi connectivity index (χ0v) is 15.1. The summed E-state index contributed by atoms with van der Waals surface area (Å²) < 4.78 is 0. The highest BCUT2D eigenvalue weighted by molar-refractivity contribution is 5.81. The minimum Gasteiger partial charge on any atom is -0.481 e. The lowest BCUT2D eigenvalue weighted by molar-refractivity contribution is -0.140. The Morgan fingerprint density at radius 1 is 0.926 bits per heavy atom. The molecule has 0 saturated carbocycles. The molecule has 0 aliphatic rings. The number of amides is 1. The predicted molar refractivity (Wildman–Crippen MR) is 101 cm³/mol. The first kappa shape index (κ1) is 20.2. The summed E-state index contributed by atoms with van der Waals surface area (Å²) in [4.78, 5) is 33.5. The van der Waals surface area contributed by atoms with Crippen molar-refractivity contribution in [2.75, 3.05) is 0 Å². The van der Waals surface area contributed by atoms with E-state index in [2.05, 4.69) is 11.4 Å². The highest BCUT2D eigenvalue weighted by atomic mass is 16.4. The van der Waals surface area contributed by atoms with Crippen molar-refractivity contribution in [1.29, 1.82) is 0 Å². The fraction of sp³-hybridized carbons (Fsp3) is 0.286. The number of aliphatic carboxylic acids is 2. The Hall–Kier alpha value is -3.15. The van der Waals surface area contributed by atoms with Crippen molar-refractivity contribution in [3.63, 3.8) is 0 Å². The summed E-state index contributed by atoms with van der Waals surface area (Å²) in [6.45, 7) is 2.03. The normalized spacial score (nSPS) is 11.6. The highest BCUT2D eigenvalue weighted by Crippen LogP contribution is 2.21. The van der Waals surface area contributed by atoms with E-state index in [4.69, 9.17) is 10.2 Å². The molecule has 2 rings (SSSR count). The van der Waals surface area contributed by atoms with Gasteiger partial charge in [-0.15, -0.1) is 0 Å². The molecule has 0 aliphatic carbocycles. The number of hydrogen-bond acceptors (Lipinski definition) is 3. The molecule has 0 spiro atoms. The van der Waals surface area contributed by atoms with Crippen molar-refractivity contribution in [2.24, 2.45) is 0 Å². The molecule has 2 aromatic carbocycles. The van der Waals surface area contributed by atoms with Crippen molar-refractivity contribution in [3.8, 4) is 11.1 Å². The van der Waals surface area contributed by atoms with E-state index < -0.39 is 23.9 Å². The molecule has 27 heavy (non-hydrogen) atoms. The molecule has 3 N–H and O–H groups in total. The summed E-state index contributed by atoms with van der Waals surface area (Å²) in [5, 5.41) is 20.3. The molecule has 0 bridgehead atoms. The third kappa shape index (κ3) is 6.93. The molecule has 142 valence electrons. The van der Waals surface area contributed by atoms with Gasteiger partial charge in [0, 0.05) is 12.5 Å². The fourth-order valence-corrected chi connectivity index (χ4v) is 2.85. The maximum Gasteiger partial charge on any atom is 0.305 e. The van der Waals surface area contributed by atoms with Crippen molar-refractivity contribution in [1.82, 2.24) is 5.32 Å². The number of rotatable bonds is 9. The Balaban J connectivity index is 2.04. The first-order chi connectivity index (χ1) is 12.8. The molecule has 1 atom stereocenters. The van der Waals surface area contributed by atoms with E-state index in [1.165, 1.54) is 5.56 Å². The fourth-order valence-electron chi connectivity index (χ4n) is 2.85. The molecule has 2 aromatic rings. The van der Waals surface area contributed by atoms with E-state index in [-0.39, 0.29) is 19.3 Å². The Morgan fingerprint density at radius 3 is 2.22 bits per heavy atom. The smallest absolute Gasteiger partial charge is 0.305 e. The van der Waals surface area contributed by atoms with Crippen molar-refractivity contribution in [2.45, 2.75) is 38.6 Å². The number of nitrogens with one attached hydrogen (secondary N) is 1. The minimum absolute atomic E-state index is 0.169. The predicted octanol–water partition coefficient (Wildman–Crippen LogP) is 3.03. The average Bonchev–Trinajstić information content (AvgIpc) is 2.60. The molecule has 6 nitrogen and oxygen atoms in total. The lowest BCUT2D eigenvalue weighted by Gasteiger charge is -2.17. The van der Waals surface area contributed by atoms with Gasteiger partial charge in [-0.05, 0) is 30.0 Å². The monoisotopic (exact) mass is 369 g/mol. The lowest BCUT2D eigenvalue weighted by atomic mass is 9.98. The largest absolute Gasteiger partial charge is 0.481 e. The maximum atomic E-state index is 11.8. The van der Waals surface area contributed by atoms with Crippen LogP contribution in [-0.4, -0.2) is 34.1 Å². The van der Waals surface area contributed by atoms with Crippen LogP contribution < -0.4 is 5.32 Å². The van der Waals surface area contributed by atoms with Gasteiger partial charge in [0.1, 0.15) is 0 Å². The molecular weight excluding hydrogens is 346 g/mol. The quantitative estimate of drug-likeness (QED) is 0.630. The standard InChI is InChI=1S/C21H23NO5/c1-14-3-2-4-17(11-14)16-7-5-15(6-8-16)12-18(13-21(26)27)22-19(23)9-10-20(24)25/h2-8,11,18H,9-10,12-13H2,1H3,(H,22,23)(H,24,25)(H,26,27)/t18-/m1/s1. The van der Waals surface area contributed by atoms with Gasteiger partial charge in [0.15, 0.2) is 0 Å². The van der Waals surface area contributed by atoms with Crippen LogP contribution in [0.2, 0.25) is 0 Å². The summed E-state index contributed by atoms with van der Waals surface area (Å²) in [7, 11) is 0. The van der Waals surface area contributed by atoms with E-state index in [0.717, 1.165) is 16.7 Å². The zero-order chi connectivity index (χ0) is 19.8. The zero-order valence-electron chi connectivity index (χ0n) is 15.1. The van der Waals surface area contributed by atoms with Crippen molar-refractivity contribution >= 4 is 17.8 Å². The molecule has 0 aliphatic heterocycles. The topological polar surface area (TPSA) is 104 Å². The van der Waals surface area contributed by atoms with E-state index in [9.17, 15) is 14.4 Å². The second kappa shape index (κ2) is 9.52. The van der Waals surface area contributed by atoms with Crippen LogP contribution >= 0.6 is 0 Å². The molecule has 0 fully saturated rings. The average molecular weight is 369 g/mol. The van der Waals surface area contributed by atoms with Crippen LogP contribution in [0.4, 0.5) is 0 Å². The molecule has 0 aromatic heterocycles. The van der Waals surface area contributed by atoms with Crippen LogP contribution in [0.3, 0.4) is 0 Å². The van der Waals surface area contributed by atoms with E-state index in [0.29, 0.717) is 6.42 Å². The number of benzene rings is 2. The van der Waals surface area contributed by atoms with Gasteiger partial charge in [-0.3, -0.25) is 14.4 Å². The molecule has 0 heterocycles. The van der Waals surface area contributed by atoms with Crippen LogP contribution in [0, 0.1) is 6.92 Å². The summed E-state index contributed by atoms with van der Waals surface area (Å²) in [5.74, 6) is -2.54. The SMILES string of the molecule is Cc1cccc(-c2ccc(C[C@H](CC(=O)O)NC(=O)CCC(=O)O)cc2)c1. The second-order valence-corrected chi connectivity index (χ2v) is 6.53. The number of carboxylic acid groups (broad SMARTS) is 2. The van der Waals surface area contributed by atoms with Gasteiger partial charge in [-0.1, -0.05) is 54.1 Å². The van der Waals surface area contributed by atoms with Crippen LogP contribution in [0.1, 0.15) is 30.4 Å².